The minimum Gasteiger partial charge on any atom is -0.495 e. The maximum Gasteiger partial charge on any atom is 0.223 e. The van der Waals surface area contributed by atoms with Crippen LogP contribution in [-0.4, -0.2) is 58.0 Å². The van der Waals surface area contributed by atoms with Gasteiger partial charge in [0.15, 0.2) is 0 Å². The van der Waals surface area contributed by atoms with Crippen LogP contribution in [0.25, 0.3) is 0 Å². The van der Waals surface area contributed by atoms with Crippen LogP contribution in [-0.2, 0) is 20.6 Å². The van der Waals surface area contributed by atoms with Crippen molar-refractivity contribution in [3.8, 4) is 5.75 Å². The van der Waals surface area contributed by atoms with Crippen LogP contribution < -0.4 is 15.0 Å². The molecule has 0 aliphatic carbocycles. The SMILES string of the molecule is COc1ccc(Cl)cc1N1CCC(NC(=O)C2CCN(S(=O)(=O)Cc3ccccc3)CC2)C1. The van der Waals surface area contributed by atoms with Crippen molar-refractivity contribution in [2.24, 2.45) is 5.92 Å². The van der Waals surface area contributed by atoms with E-state index >= 15 is 0 Å². The highest BCUT2D eigenvalue weighted by molar-refractivity contribution is 7.88. The van der Waals surface area contributed by atoms with Crippen LogP contribution in [0.2, 0.25) is 5.02 Å². The molecular weight excluding hydrogens is 462 g/mol. The van der Waals surface area contributed by atoms with Gasteiger partial charge in [0.25, 0.3) is 0 Å². The average Bonchev–Trinajstić information content (AvgIpc) is 3.28. The average molecular weight is 492 g/mol. The van der Waals surface area contributed by atoms with E-state index < -0.39 is 10.0 Å². The second kappa shape index (κ2) is 10.3. The molecule has 2 aromatic carbocycles. The van der Waals surface area contributed by atoms with Crippen LogP contribution in [0.3, 0.4) is 0 Å². The molecule has 0 radical (unpaired) electrons. The Morgan fingerprint density at radius 3 is 2.52 bits per heavy atom. The molecular formula is C24H30ClN3O4S. The highest BCUT2D eigenvalue weighted by atomic mass is 35.5. The van der Waals surface area contributed by atoms with Crippen LogP contribution in [0.15, 0.2) is 48.5 Å². The third kappa shape index (κ3) is 5.80. The molecule has 1 N–H and O–H groups in total. The number of benzene rings is 2. The Labute approximate surface area is 200 Å². The fraction of sp³-hybridized carbons (Fsp3) is 0.458. The number of sulfonamides is 1. The zero-order chi connectivity index (χ0) is 23.4. The van der Waals surface area contributed by atoms with E-state index in [1.54, 1.807) is 13.2 Å². The van der Waals surface area contributed by atoms with Crippen LogP contribution in [0, 0.1) is 5.92 Å². The lowest BCUT2D eigenvalue weighted by Gasteiger charge is -2.31. The number of anilines is 1. The highest BCUT2D eigenvalue weighted by Crippen LogP contribution is 2.33. The smallest absolute Gasteiger partial charge is 0.223 e. The number of carbonyl (C=O) groups is 1. The number of hydrogen-bond acceptors (Lipinski definition) is 5. The van der Waals surface area contributed by atoms with Crippen LogP contribution >= 0.6 is 11.6 Å². The first kappa shape index (κ1) is 23.9. The van der Waals surface area contributed by atoms with Gasteiger partial charge < -0.3 is 15.0 Å². The molecule has 2 saturated heterocycles. The van der Waals surface area contributed by atoms with Crippen LogP contribution in [0.1, 0.15) is 24.8 Å². The molecule has 2 aliphatic rings. The molecule has 2 heterocycles. The molecule has 7 nitrogen and oxygen atoms in total. The minimum atomic E-state index is -3.38. The van der Waals surface area contributed by atoms with Crippen molar-refractivity contribution in [1.82, 2.24) is 9.62 Å². The summed E-state index contributed by atoms with van der Waals surface area (Å²) in [6.45, 7) is 2.25. The normalized spacial score (nSPS) is 20.1. The molecule has 9 heteroatoms. The molecule has 0 bridgehead atoms. The number of nitrogens with one attached hydrogen (secondary N) is 1. The number of amides is 1. The Balaban J connectivity index is 1.28. The summed E-state index contributed by atoms with van der Waals surface area (Å²) >= 11 is 6.16. The van der Waals surface area contributed by atoms with Gasteiger partial charge >= 0.3 is 0 Å². The van der Waals surface area contributed by atoms with Crippen LogP contribution in [0.4, 0.5) is 5.69 Å². The number of nitrogens with zero attached hydrogens (tertiary/aromatic N) is 2. The predicted molar refractivity (Wildman–Crippen MR) is 130 cm³/mol. The van der Waals surface area contributed by atoms with Crippen molar-refractivity contribution in [3.05, 3.63) is 59.1 Å². The summed E-state index contributed by atoms with van der Waals surface area (Å²) in [5.74, 6) is 0.605. The zero-order valence-corrected chi connectivity index (χ0v) is 20.3. The quantitative estimate of drug-likeness (QED) is 0.643. The van der Waals surface area contributed by atoms with Crippen molar-refractivity contribution in [1.29, 1.82) is 0 Å². The molecule has 1 amide bonds. The second-order valence-corrected chi connectivity index (χ2v) is 11.1. The van der Waals surface area contributed by atoms with Gasteiger partial charge in [-0.05, 0) is 43.0 Å². The molecule has 2 fully saturated rings. The van der Waals surface area contributed by atoms with Gasteiger partial charge in [0, 0.05) is 43.2 Å². The number of halogens is 1. The van der Waals surface area contributed by atoms with E-state index in [0.717, 1.165) is 30.0 Å². The molecule has 1 unspecified atom stereocenters. The largest absolute Gasteiger partial charge is 0.495 e. The maximum atomic E-state index is 12.9. The number of hydrogen-bond donors (Lipinski definition) is 1. The lowest BCUT2D eigenvalue weighted by molar-refractivity contribution is -0.126. The van der Waals surface area contributed by atoms with Crippen molar-refractivity contribution >= 4 is 33.2 Å². The van der Waals surface area contributed by atoms with E-state index in [2.05, 4.69) is 10.2 Å². The number of rotatable bonds is 7. The Morgan fingerprint density at radius 2 is 1.82 bits per heavy atom. The number of carbonyl (C=O) groups excluding carboxylic acids is 1. The van der Waals surface area contributed by atoms with E-state index in [0.29, 0.717) is 37.5 Å². The van der Waals surface area contributed by atoms with Gasteiger partial charge in [-0.2, -0.15) is 0 Å². The summed E-state index contributed by atoms with van der Waals surface area (Å²) in [6.07, 6.45) is 1.92. The van der Waals surface area contributed by atoms with Crippen molar-refractivity contribution in [3.63, 3.8) is 0 Å². The summed E-state index contributed by atoms with van der Waals surface area (Å²) < 4.78 is 32.5. The fourth-order valence-corrected chi connectivity index (χ4v) is 6.33. The summed E-state index contributed by atoms with van der Waals surface area (Å²) in [5, 5.41) is 3.82. The van der Waals surface area contributed by atoms with Crippen molar-refractivity contribution < 1.29 is 17.9 Å². The van der Waals surface area contributed by atoms with Gasteiger partial charge in [-0.3, -0.25) is 4.79 Å². The number of piperidine rings is 1. The first-order valence-electron chi connectivity index (χ1n) is 11.3. The van der Waals surface area contributed by atoms with E-state index in [-0.39, 0.29) is 23.6 Å². The van der Waals surface area contributed by atoms with Gasteiger partial charge in [0.1, 0.15) is 5.75 Å². The highest BCUT2D eigenvalue weighted by Gasteiger charge is 2.33. The first-order chi connectivity index (χ1) is 15.9. The topological polar surface area (TPSA) is 79.0 Å². The van der Waals surface area contributed by atoms with Gasteiger partial charge in [-0.1, -0.05) is 41.9 Å². The molecule has 2 aromatic rings. The third-order valence-electron chi connectivity index (χ3n) is 6.43. The van der Waals surface area contributed by atoms with E-state index in [1.807, 2.05) is 42.5 Å². The number of methoxy groups -OCH3 is 1. The van der Waals surface area contributed by atoms with Gasteiger partial charge in [0.2, 0.25) is 15.9 Å². The third-order valence-corrected chi connectivity index (χ3v) is 8.51. The Bertz CT molecular complexity index is 1070. The van der Waals surface area contributed by atoms with Gasteiger partial charge in [-0.25, -0.2) is 12.7 Å². The Hall–Kier alpha value is -2.29. The fourth-order valence-electron chi connectivity index (χ4n) is 4.60. The summed E-state index contributed by atoms with van der Waals surface area (Å²) in [4.78, 5) is 15.1. The predicted octanol–water partition coefficient (Wildman–Crippen LogP) is 3.29. The monoisotopic (exact) mass is 491 g/mol. The second-order valence-electron chi connectivity index (χ2n) is 8.67. The molecule has 2 aliphatic heterocycles. The molecule has 33 heavy (non-hydrogen) atoms. The molecule has 0 saturated carbocycles. The van der Waals surface area contributed by atoms with E-state index in [9.17, 15) is 13.2 Å². The standard InChI is InChI=1S/C24H30ClN3O4S/c1-32-23-8-7-20(25)15-22(23)27-12-11-21(16-27)26-24(29)19-9-13-28(14-10-19)33(30,31)17-18-5-3-2-4-6-18/h2-8,15,19,21H,9-14,16-17H2,1H3,(H,26,29). The van der Waals surface area contributed by atoms with Crippen LogP contribution in [0.5, 0.6) is 5.75 Å². The molecule has 0 spiro atoms. The Morgan fingerprint density at radius 1 is 1.09 bits per heavy atom. The minimum absolute atomic E-state index is 0.00439. The summed E-state index contributed by atoms with van der Waals surface area (Å²) in [6, 6.07) is 14.8. The van der Waals surface area contributed by atoms with Gasteiger partial charge in [0.05, 0.1) is 18.6 Å². The molecule has 178 valence electrons. The van der Waals surface area contributed by atoms with E-state index in [4.69, 9.17) is 16.3 Å². The van der Waals surface area contributed by atoms with E-state index in [1.165, 1.54) is 4.31 Å². The van der Waals surface area contributed by atoms with Crippen molar-refractivity contribution in [2.75, 3.05) is 38.2 Å². The molecule has 1 atom stereocenters. The molecule has 0 aromatic heterocycles. The lowest BCUT2D eigenvalue weighted by Crippen LogP contribution is -2.46. The number of ether oxygens (including phenoxy) is 1. The van der Waals surface area contributed by atoms with Gasteiger partial charge in [-0.15, -0.1) is 0 Å². The zero-order valence-electron chi connectivity index (χ0n) is 18.7. The molecule has 4 rings (SSSR count). The Kier molecular flexibility index (Phi) is 7.46. The lowest BCUT2D eigenvalue weighted by atomic mass is 9.97. The summed E-state index contributed by atoms with van der Waals surface area (Å²) in [5.41, 5.74) is 1.71. The van der Waals surface area contributed by atoms with Crippen molar-refractivity contribution in [2.45, 2.75) is 31.1 Å². The maximum absolute atomic E-state index is 12.9. The first-order valence-corrected chi connectivity index (χ1v) is 13.2. The summed E-state index contributed by atoms with van der Waals surface area (Å²) in [7, 11) is -1.75.